The predicted molar refractivity (Wildman–Crippen MR) is 62.9 cm³/mol. The number of amides is 1. The standard InChI is InChI=1S/C11H16N4O4/c16-10(6-12-5-9-13-7-19-14-9)15-3-1-8(2-4-15)11(17)18/h7-8,12H,1-6H2,(H,17,18). The largest absolute Gasteiger partial charge is 0.481 e. The number of nitrogens with zero attached hydrogens (tertiary/aromatic N) is 3. The molecule has 0 spiro atoms. The molecule has 2 N–H and O–H groups in total. The fourth-order valence-corrected chi connectivity index (χ4v) is 2.04. The van der Waals surface area contributed by atoms with Gasteiger partial charge in [0.2, 0.25) is 12.3 Å². The van der Waals surface area contributed by atoms with E-state index in [2.05, 4.69) is 20.0 Å². The summed E-state index contributed by atoms with van der Waals surface area (Å²) in [7, 11) is 0. The first-order chi connectivity index (χ1) is 9.16. The molecule has 0 unspecified atom stereocenters. The van der Waals surface area contributed by atoms with Crippen LogP contribution >= 0.6 is 0 Å². The van der Waals surface area contributed by atoms with Crippen LogP contribution < -0.4 is 5.32 Å². The molecule has 0 saturated carbocycles. The summed E-state index contributed by atoms with van der Waals surface area (Å²) in [4.78, 5) is 28.2. The van der Waals surface area contributed by atoms with Gasteiger partial charge in [0, 0.05) is 13.1 Å². The highest BCUT2D eigenvalue weighted by atomic mass is 16.5. The van der Waals surface area contributed by atoms with E-state index >= 15 is 0 Å². The van der Waals surface area contributed by atoms with Crippen LogP contribution in [0.15, 0.2) is 10.9 Å². The van der Waals surface area contributed by atoms with Crippen LogP contribution in [0.1, 0.15) is 18.7 Å². The van der Waals surface area contributed by atoms with Crippen molar-refractivity contribution < 1.29 is 19.2 Å². The SMILES string of the molecule is O=C(O)C1CCN(C(=O)CNCc2ncon2)CC1. The zero-order valence-corrected chi connectivity index (χ0v) is 10.4. The Balaban J connectivity index is 1.68. The van der Waals surface area contributed by atoms with Crippen LogP contribution in [0.25, 0.3) is 0 Å². The van der Waals surface area contributed by atoms with Gasteiger partial charge in [0.15, 0.2) is 5.82 Å². The molecular formula is C11H16N4O4. The Labute approximate surface area is 109 Å². The van der Waals surface area contributed by atoms with E-state index in [1.165, 1.54) is 6.39 Å². The zero-order chi connectivity index (χ0) is 13.7. The molecule has 2 rings (SSSR count). The smallest absolute Gasteiger partial charge is 0.306 e. The Bertz CT molecular complexity index is 426. The fourth-order valence-electron chi connectivity index (χ4n) is 2.04. The Morgan fingerprint density at radius 2 is 2.21 bits per heavy atom. The fraction of sp³-hybridized carbons (Fsp3) is 0.636. The lowest BCUT2D eigenvalue weighted by Gasteiger charge is -2.30. The van der Waals surface area contributed by atoms with Crippen LogP contribution in [0.5, 0.6) is 0 Å². The summed E-state index contributed by atoms with van der Waals surface area (Å²) >= 11 is 0. The van der Waals surface area contributed by atoms with E-state index in [4.69, 9.17) is 5.11 Å². The van der Waals surface area contributed by atoms with Crippen LogP contribution in [-0.4, -0.2) is 51.7 Å². The molecule has 2 heterocycles. The summed E-state index contributed by atoms with van der Waals surface area (Å²) in [6.45, 7) is 1.56. The normalized spacial score (nSPS) is 16.5. The summed E-state index contributed by atoms with van der Waals surface area (Å²) in [5.41, 5.74) is 0. The van der Waals surface area contributed by atoms with Crippen molar-refractivity contribution in [3.05, 3.63) is 12.2 Å². The van der Waals surface area contributed by atoms with Gasteiger partial charge in [-0.1, -0.05) is 5.16 Å². The van der Waals surface area contributed by atoms with Gasteiger partial charge in [0.05, 0.1) is 19.0 Å². The third-order valence-electron chi connectivity index (χ3n) is 3.16. The maximum absolute atomic E-state index is 11.9. The number of carbonyl (C=O) groups is 2. The molecular weight excluding hydrogens is 252 g/mol. The number of hydrogen-bond donors (Lipinski definition) is 2. The molecule has 1 aliphatic heterocycles. The van der Waals surface area contributed by atoms with Gasteiger partial charge in [-0.15, -0.1) is 0 Å². The van der Waals surface area contributed by atoms with E-state index in [-0.39, 0.29) is 18.4 Å². The number of rotatable bonds is 5. The minimum atomic E-state index is -0.776. The summed E-state index contributed by atoms with van der Waals surface area (Å²) in [5.74, 6) is -0.636. The first kappa shape index (κ1) is 13.5. The maximum Gasteiger partial charge on any atom is 0.306 e. The van der Waals surface area contributed by atoms with E-state index in [9.17, 15) is 9.59 Å². The van der Waals surface area contributed by atoms with Crippen molar-refractivity contribution in [2.24, 2.45) is 5.92 Å². The molecule has 1 aromatic heterocycles. The minimum absolute atomic E-state index is 0.0349. The highest BCUT2D eigenvalue weighted by Gasteiger charge is 2.26. The summed E-state index contributed by atoms with van der Waals surface area (Å²) in [6.07, 6.45) is 2.27. The van der Waals surface area contributed by atoms with Gasteiger partial charge in [-0.3, -0.25) is 9.59 Å². The molecule has 0 radical (unpaired) electrons. The molecule has 0 aromatic carbocycles. The third kappa shape index (κ3) is 3.75. The lowest BCUT2D eigenvalue weighted by molar-refractivity contribution is -0.145. The Morgan fingerprint density at radius 3 is 2.79 bits per heavy atom. The van der Waals surface area contributed by atoms with Gasteiger partial charge >= 0.3 is 5.97 Å². The number of nitrogens with one attached hydrogen (secondary N) is 1. The van der Waals surface area contributed by atoms with Gasteiger partial charge < -0.3 is 19.8 Å². The Kier molecular flexibility index (Phi) is 4.45. The van der Waals surface area contributed by atoms with Crippen molar-refractivity contribution in [3.8, 4) is 0 Å². The molecule has 0 bridgehead atoms. The number of aromatic nitrogens is 2. The number of carbonyl (C=O) groups excluding carboxylic acids is 1. The van der Waals surface area contributed by atoms with Crippen molar-refractivity contribution in [2.45, 2.75) is 19.4 Å². The molecule has 0 atom stereocenters. The van der Waals surface area contributed by atoms with E-state index in [1.54, 1.807) is 4.90 Å². The topological polar surface area (TPSA) is 109 Å². The van der Waals surface area contributed by atoms with Gasteiger partial charge in [-0.25, -0.2) is 0 Å². The van der Waals surface area contributed by atoms with E-state index in [0.29, 0.717) is 38.3 Å². The van der Waals surface area contributed by atoms with Crippen molar-refractivity contribution in [1.82, 2.24) is 20.4 Å². The average Bonchev–Trinajstić information content (AvgIpc) is 2.92. The quantitative estimate of drug-likeness (QED) is 0.739. The summed E-state index contributed by atoms with van der Waals surface area (Å²) in [6, 6.07) is 0. The number of hydrogen-bond acceptors (Lipinski definition) is 6. The first-order valence-corrected chi connectivity index (χ1v) is 6.13. The van der Waals surface area contributed by atoms with Crippen LogP contribution in [0, 0.1) is 5.92 Å². The second kappa shape index (κ2) is 6.28. The first-order valence-electron chi connectivity index (χ1n) is 6.13. The molecule has 1 saturated heterocycles. The summed E-state index contributed by atoms with van der Waals surface area (Å²) < 4.78 is 4.57. The van der Waals surface area contributed by atoms with Gasteiger partial charge in [-0.05, 0) is 12.8 Å². The lowest BCUT2D eigenvalue weighted by atomic mass is 9.97. The number of likely N-dealkylation sites (tertiary alicyclic amines) is 1. The van der Waals surface area contributed by atoms with E-state index < -0.39 is 5.97 Å². The minimum Gasteiger partial charge on any atom is -0.481 e. The van der Waals surface area contributed by atoms with Crippen molar-refractivity contribution in [1.29, 1.82) is 0 Å². The molecule has 1 fully saturated rings. The van der Waals surface area contributed by atoms with Crippen molar-refractivity contribution in [2.75, 3.05) is 19.6 Å². The summed E-state index contributed by atoms with van der Waals surface area (Å²) in [5, 5.41) is 15.4. The Morgan fingerprint density at radius 1 is 1.47 bits per heavy atom. The molecule has 1 amide bonds. The molecule has 1 aliphatic rings. The average molecular weight is 268 g/mol. The van der Waals surface area contributed by atoms with Crippen LogP contribution in [0.4, 0.5) is 0 Å². The Hall–Kier alpha value is -1.96. The number of aliphatic carboxylic acids is 1. The van der Waals surface area contributed by atoms with E-state index in [1.807, 2.05) is 0 Å². The second-order valence-corrected chi connectivity index (χ2v) is 4.44. The third-order valence-corrected chi connectivity index (χ3v) is 3.16. The molecule has 1 aromatic rings. The highest BCUT2D eigenvalue weighted by molar-refractivity contribution is 5.78. The van der Waals surface area contributed by atoms with Gasteiger partial charge in [0.25, 0.3) is 0 Å². The molecule has 104 valence electrons. The van der Waals surface area contributed by atoms with Crippen LogP contribution in [0.2, 0.25) is 0 Å². The van der Waals surface area contributed by atoms with Crippen molar-refractivity contribution in [3.63, 3.8) is 0 Å². The molecule has 8 nitrogen and oxygen atoms in total. The van der Waals surface area contributed by atoms with Crippen LogP contribution in [0.3, 0.4) is 0 Å². The van der Waals surface area contributed by atoms with E-state index in [0.717, 1.165) is 0 Å². The highest BCUT2D eigenvalue weighted by Crippen LogP contribution is 2.17. The van der Waals surface area contributed by atoms with Crippen LogP contribution in [-0.2, 0) is 16.1 Å². The molecule has 8 heteroatoms. The monoisotopic (exact) mass is 268 g/mol. The second-order valence-electron chi connectivity index (χ2n) is 4.44. The van der Waals surface area contributed by atoms with Gasteiger partial charge in [0.1, 0.15) is 0 Å². The van der Waals surface area contributed by atoms with Crippen molar-refractivity contribution >= 4 is 11.9 Å². The number of carboxylic acids is 1. The number of piperidine rings is 1. The predicted octanol–water partition coefficient (Wildman–Crippen LogP) is -0.518. The maximum atomic E-state index is 11.9. The number of carboxylic acid groups (broad SMARTS) is 1. The zero-order valence-electron chi connectivity index (χ0n) is 10.4. The van der Waals surface area contributed by atoms with Gasteiger partial charge in [-0.2, -0.15) is 4.98 Å². The lowest BCUT2D eigenvalue weighted by Crippen LogP contribution is -2.44. The molecule has 19 heavy (non-hydrogen) atoms. The molecule has 0 aliphatic carbocycles.